The van der Waals surface area contributed by atoms with E-state index in [1.807, 2.05) is 62.4 Å². The van der Waals surface area contributed by atoms with Crippen LogP contribution in [0.1, 0.15) is 41.5 Å². The minimum Gasteiger partial charge on any atom is -0.493 e. The van der Waals surface area contributed by atoms with Gasteiger partial charge in [-0.15, -0.1) is 0 Å². The highest BCUT2D eigenvalue weighted by Crippen LogP contribution is 2.45. The van der Waals surface area contributed by atoms with E-state index in [0.717, 1.165) is 28.7 Å². The number of allylic oxidation sites excluding steroid dienone is 1. The molecule has 0 radical (unpaired) electrons. The second-order valence-electron chi connectivity index (χ2n) is 8.18. The second kappa shape index (κ2) is 10.6. The van der Waals surface area contributed by atoms with Crippen molar-refractivity contribution in [2.75, 3.05) is 6.61 Å². The van der Waals surface area contributed by atoms with Gasteiger partial charge in [0.1, 0.15) is 28.9 Å². The Morgan fingerprint density at radius 1 is 1.11 bits per heavy atom. The molecule has 0 fully saturated rings. The van der Waals surface area contributed by atoms with Gasteiger partial charge < -0.3 is 19.9 Å². The molecule has 0 spiro atoms. The molecule has 6 nitrogen and oxygen atoms in total. The minimum absolute atomic E-state index is 0.0121. The molecule has 1 aliphatic rings. The molecule has 4 rings (SSSR count). The number of nitriles is 1. The number of carbonyl (C=O) groups excluding carboxylic acids is 1. The topological polar surface area (TPSA) is 94.6 Å². The molecule has 1 atom stereocenters. The number of aryl methyl sites for hydroxylation is 1. The zero-order chi connectivity index (χ0) is 24.8. The second-order valence-corrected chi connectivity index (χ2v) is 8.18. The van der Waals surface area contributed by atoms with Gasteiger partial charge in [-0.3, -0.25) is 0 Å². The lowest BCUT2D eigenvalue weighted by atomic mass is 9.83. The molecule has 6 heteroatoms. The quantitative estimate of drug-likeness (QED) is 0.276. The summed E-state index contributed by atoms with van der Waals surface area (Å²) in [6.45, 7) is 4.59. The number of para-hydroxylation sites is 1. The maximum Gasteiger partial charge on any atom is 0.336 e. The number of ether oxygens (including phenoxy) is 3. The van der Waals surface area contributed by atoms with E-state index in [1.165, 1.54) is 6.08 Å². The van der Waals surface area contributed by atoms with Gasteiger partial charge in [0.05, 0.1) is 12.5 Å². The molecule has 0 aromatic heterocycles. The van der Waals surface area contributed by atoms with Crippen LogP contribution in [0.2, 0.25) is 0 Å². The van der Waals surface area contributed by atoms with Crippen LogP contribution in [0.5, 0.6) is 17.2 Å². The van der Waals surface area contributed by atoms with Crippen molar-refractivity contribution in [1.29, 1.82) is 5.26 Å². The monoisotopic (exact) mass is 466 g/mol. The Bertz CT molecular complexity index is 1330. The number of hydrogen-bond donors (Lipinski definition) is 1. The molecule has 1 unspecified atom stereocenters. The van der Waals surface area contributed by atoms with E-state index in [1.54, 1.807) is 24.3 Å². The summed E-state index contributed by atoms with van der Waals surface area (Å²) in [4.78, 5) is 12.4. The van der Waals surface area contributed by atoms with Gasteiger partial charge in [0, 0.05) is 23.3 Å². The number of esters is 1. The summed E-state index contributed by atoms with van der Waals surface area (Å²) >= 11 is 0. The van der Waals surface area contributed by atoms with Crippen molar-refractivity contribution in [2.45, 2.75) is 26.2 Å². The van der Waals surface area contributed by atoms with E-state index in [9.17, 15) is 10.1 Å². The van der Waals surface area contributed by atoms with Crippen LogP contribution in [0, 0.1) is 18.3 Å². The van der Waals surface area contributed by atoms with Gasteiger partial charge in [-0.1, -0.05) is 61.0 Å². The third-order valence-electron chi connectivity index (χ3n) is 5.59. The number of rotatable bonds is 7. The summed E-state index contributed by atoms with van der Waals surface area (Å²) < 4.78 is 17.2. The number of fused-ring (bicyclic) bond motifs is 1. The molecule has 0 saturated carbocycles. The van der Waals surface area contributed by atoms with E-state index in [0.29, 0.717) is 29.4 Å². The number of hydrogen-bond acceptors (Lipinski definition) is 6. The summed E-state index contributed by atoms with van der Waals surface area (Å²) in [5, 5.41) is 9.84. The summed E-state index contributed by atoms with van der Waals surface area (Å²) in [6.07, 6.45) is 3.92. The van der Waals surface area contributed by atoms with E-state index in [4.69, 9.17) is 19.9 Å². The SMILES string of the molecule is CCCOc1ccccc1C1C(C#N)=C(N)Oc2cc(OC(=O)/C=C/c3ccc(C)cc3)ccc21. The molecule has 2 N–H and O–H groups in total. The third-order valence-corrected chi connectivity index (χ3v) is 5.59. The van der Waals surface area contributed by atoms with Crippen LogP contribution >= 0.6 is 0 Å². The maximum absolute atomic E-state index is 12.4. The molecule has 3 aromatic carbocycles. The first-order chi connectivity index (χ1) is 17.0. The van der Waals surface area contributed by atoms with Crippen LogP contribution in [0.4, 0.5) is 0 Å². The fourth-order valence-corrected chi connectivity index (χ4v) is 3.87. The van der Waals surface area contributed by atoms with Crippen molar-refractivity contribution in [2.24, 2.45) is 5.73 Å². The van der Waals surface area contributed by atoms with Gasteiger partial charge in [0.15, 0.2) is 0 Å². The number of benzene rings is 3. The van der Waals surface area contributed by atoms with Crippen molar-refractivity contribution < 1.29 is 19.0 Å². The Morgan fingerprint density at radius 3 is 2.63 bits per heavy atom. The highest BCUT2D eigenvalue weighted by atomic mass is 16.5. The average Bonchev–Trinajstić information content (AvgIpc) is 2.86. The fourth-order valence-electron chi connectivity index (χ4n) is 3.87. The summed E-state index contributed by atoms with van der Waals surface area (Å²) in [5.74, 6) is 0.442. The predicted octanol–water partition coefficient (Wildman–Crippen LogP) is 5.62. The molecule has 1 aliphatic heterocycles. The molecule has 0 aliphatic carbocycles. The van der Waals surface area contributed by atoms with Gasteiger partial charge in [-0.25, -0.2) is 4.79 Å². The van der Waals surface area contributed by atoms with Crippen LogP contribution < -0.4 is 19.9 Å². The van der Waals surface area contributed by atoms with Gasteiger partial charge in [-0.2, -0.15) is 5.26 Å². The molecule has 35 heavy (non-hydrogen) atoms. The molecule has 3 aromatic rings. The maximum atomic E-state index is 12.4. The van der Waals surface area contributed by atoms with Crippen molar-refractivity contribution in [3.8, 4) is 23.3 Å². The first-order valence-corrected chi connectivity index (χ1v) is 11.4. The minimum atomic E-state index is -0.516. The molecular formula is C29H26N2O4. The van der Waals surface area contributed by atoms with E-state index in [2.05, 4.69) is 6.07 Å². The van der Waals surface area contributed by atoms with Crippen LogP contribution in [-0.4, -0.2) is 12.6 Å². The summed E-state index contributed by atoms with van der Waals surface area (Å²) in [7, 11) is 0. The highest BCUT2D eigenvalue weighted by molar-refractivity contribution is 5.88. The first kappa shape index (κ1) is 23.7. The molecule has 0 saturated heterocycles. The Hall–Kier alpha value is -4.50. The van der Waals surface area contributed by atoms with Gasteiger partial charge in [-0.05, 0) is 37.1 Å². The van der Waals surface area contributed by atoms with Crippen molar-refractivity contribution >= 4 is 12.0 Å². The lowest BCUT2D eigenvalue weighted by Crippen LogP contribution is -2.21. The summed E-state index contributed by atoms with van der Waals surface area (Å²) in [5.41, 5.74) is 10.0. The van der Waals surface area contributed by atoms with Gasteiger partial charge >= 0.3 is 5.97 Å². The third kappa shape index (κ3) is 5.36. The average molecular weight is 467 g/mol. The Labute approximate surface area is 204 Å². The van der Waals surface area contributed by atoms with Crippen LogP contribution in [-0.2, 0) is 4.79 Å². The Balaban J connectivity index is 1.62. The van der Waals surface area contributed by atoms with Crippen molar-refractivity contribution in [3.05, 3.63) is 107 Å². The molecule has 1 heterocycles. The van der Waals surface area contributed by atoms with Gasteiger partial charge in [0.2, 0.25) is 5.88 Å². The van der Waals surface area contributed by atoms with Gasteiger partial charge in [0.25, 0.3) is 0 Å². The van der Waals surface area contributed by atoms with Crippen LogP contribution in [0.3, 0.4) is 0 Å². The smallest absolute Gasteiger partial charge is 0.336 e. The lowest BCUT2D eigenvalue weighted by Gasteiger charge is -2.28. The zero-order valence-corrected chi connectivity index (χ0v) is 19.7. The molecule has 0 bridgehead atoms. The molecular weight excluding hydrogens is 440 g/mol. The fraction of sp³-hybridized carbons (Fsp3) is 0.172. The van der Waals surface area contributed by atoms with E-state index in [-0.39, 0.29) is 5.88 Å². The molecule has 176 valence electrons. The number of nitrogens with zero attached hydrogens (tertiary/aromatic N) is 1. The summed E-state index contributed by atoms with van der Waals surface area (Å²) in [6, 6.07) is 22.6. The normalized spacial score (nSPS) is 14.7. The Kier molecular flexibility index (Phi) is 7.18. The largest absolute Gasteiger partial charge is 0.493 e. The lowest BCUT2D eigenvalue weighted by molar-refractivity contribution is -0.128. The van der Waals surface area contributed by atoms with Crippen LogP contribution in [0.15, 0.2) is 84.3 Å². The highest BCUT2D eigenvalue weighted by Gasteiger charge is 2.32. The predicted molar refractivity (Wildman–Crippen MR) is 134 cm³/mol. The number of nitrogens with two attached hydrogens (primary N) is 1. The first-order valence-electron chi connectivity index (χ1n) is 11.4. The van der Waals surface area contributed by atoms with Crippen LogP contribution in [0.25, 0.3) is 6.08 Å². The van der Waals surface area contributed by atoms with Crippen molar-refractivity contribution in [1.82, 2.24) is 0 Å². The van der Waals surface area contributed by atoms with E-state index >= 15 is 0 Å². The molecule has 0 amide bonds. The van der Waals surface area contributed by atoms with Crippen molar-refractivity contribution in [3.63, 3.8) is 0 Å². The standard InChI is InChI=1S/C29H26N2O4/c1-3-16-33-25-7-5-4-6-22(25)28-23-14-13-21(17-26(23)35-29(31)24(28)18-30)34-27(32)15-12-20-10-8-19(2)9-11-20/h4-15,17,28H,3,16,31H2,1-2H3/b15-12+. The van der Waals surface area contributed by atoms with E-state index < -0.39 is 11.9 Å². The number of carbonyl (C=O) groups is 1. The zero-order valence-electron chi connectivity index (χ0n) is 19.7. The Morgan fingerprint density at radius 2 is 1.89 bits per heavy atom.